The molecule has 0 aliphatic heterocycles. The van der Waals surface area contributed by atoms with Crippen LogP contribution in [0.5, 0.6) is 5.75 Å². The van der Waals surface area contributed by atoms with Gasteiger partial charge in [-0.3, -0.25) is 4.79 Å². The number of nitrogens with zero attached hydrogens (tertiary/aromatic N) is 2. The van der Waals surface area contributed by atoms with E-state index in [1.165, 1.54) is 18.7 Å². The summed E-state index contributed by atoms with van der Waals surface area (Å²) in [4.78, 5) is 19.4. The molecule has 3 N–H and O–H groups in total. The lowest BCUT2D eigenvalue weighted by Crippen LogP contribution is -2.12. The Kier molecular flexibility index (Phi) is 4.41. The van der Waals surface area contributed by atoms with Crippen molar-refractivity contribution in [2.45, 2.75) is 0 Å². The number of aromatic nitrogens is 2. The third-order valence-corrected chi connectivity index (χ3v) is 2.32. The topological polar surface area (TPSA) is 90.1 Å². The summed E-state index contributed by atoms with van der Waals surface area (Å²) in [5.41, 5.74) is 6.43. The molecule has 0 bridgehead atoms. The average Bonchev–Trinajstić information content (AvgIpc) is 2.47. The van der Waals surface area contributed by atoms with E-state index in [0.29, 0.717) is 30.2 Å². The van der Waals surface area contributed by atoms with E-state index in [1.54, 1.807) is 24.3 Å². The van der Waals surface area contributed by atoms with Crippen LogP contribution in [0.1, 0.15) is 10.4 Å². The molecule has 0 aliphatic rings. The molecule has 1 aromatic heterocycles. The molecule has 0 saturated carbocycles. The molecule has 0 spiro atoms. The number of carbonyl (C=O) groups excluding carboxylic acids is 1. The van der Waals surface area contributed by atoms with Crippen molar-refractivity contribution in [2.75, 3.05) is 18.5 Å². The minimum absolute atomic E-state index is 0.253. The number of amides is 1. The van der Waals surface area contributed by atoms with Crippen molar-refractivity contribution in [3.63, 3.8) is 0 Å². The van der Waals surface area contributed by atoms with Crippen LogP contribution in [0.3, 0.4) is 0 Å². The quantitative estimate of drug-likeness (QED) is 0.837. The number of anilines is 1. The predicted octanol–water partition coefficient (Wildman–Crippen LogP) is 1.07. The molecule has 19 heavy (non-hydrogen) atoms. The normalized spacial score (nSPS) is 9.95. The fourth-order valence-corrected chi connectivity index (χ4v) is 1.43. The van der Waals surface area contributed by atoms with Crippen molar-refractivity contribution in [1.29, 1.82) is 0 Å². The first-order valence-corrected chi connectivity index (χ1v) is 5.79. The first-order chi connectivity index (χ1) is 9.29. The van der Waals surface area contributed by atoms with Crippen LogP contribution in [0, 0.1) is 0 Å². The molecule has 6 nitrogen and oxygen atoms in total. The number of benzene rings is 1. The molecule has 6 heteroatoms. The van der Waals surface area contributed by atoms with E-state index in [0.717, 1.165) is 0 Å². The number of hydrogen-bond donors (Lipinski definition) is 2. The Labute approximate surface area is 110 Å². The number of nitrogens with one attached hydrogen (secondary N) is 1. The largest absolute Gasteiger partial charge is 0.492 e. The van der Waals surface area contributed by atoms with E-state index in [2.05, 4.69) is 15.3 Å². The molecule has 98 valence electrons. The van der Waals surface area contributed by atoms with E-state index in [9.17, 15) is 4.79 Å². The van der Waals surface area contributed by atoms with Gasteiger partial charge in [0.15, 0.2) is 0 Å². The van der Waals surface area contributed by atoms with Gasteiger partial charge in [0.05, 0.1) is 5.56 Å². The molecule has 1 aromatic carbocycles. The summed E-state index contributed by atoms with van der Waals surface area (Å²) in [6, 6.07) is 7.06. The van der Waals surface area contributed by atoms with Crippen molar-refractivity contribution in [2.24, 2.45) is 5.73 Å². The van der Waals surface area contributed by atoms with Crippen LogP contribution in [0.25, 0.3) is 0 Å². The van der Waals surface area contributed by atoms with Gasteiger partial charge in [-0.1, -0.05) is 0 Å². The van der Waals surface area contributed by atoms with Gasteiger partial charge in [-0.2, -0.15) is 0 Å². The first kappa shape index (κ1) is 13.0. The van der Waals surface area contributed by atoms with Crippen LogP contribution >= 0.6 is 0 Å². The zero-order chi connectivity index (χ0) is 13.5. The highest BCUT2D eigenvalue weighted by molar-refractivity contribution is 6.03. The van der Waals surface area contributed by atoms with Crippen LogP contribution in [0.4, 0.5) is 5.69 Å². The predicted molar refractivity (Wildman–Crippen MR) is 71.0 cm³/mol. The summed E-state index contributed by atoms with van der Waals surface area (Å²) in [5.74, 6) is 0.461. The third kappa shape index (κ3) is 3.75. The van der Waals surface area contributed by atoms with Gasteiger partial charge in [0.2, 0.25) is 0 Å². The monoisotopic (exact) mass is 258 g/mol. The third-order valence-electron chi connectivity index (χ3n) is 2.32. The van der Waals surface area contributed by atoms with Crippen molar-refractivity contribution < 1.29 is 9.53 Å². The molecule has 2 aromatic rings. The van der Waals surface area contributed by atoms with Crippen LogP contribution in [-0.2, 0) is 0 Å². The van der Waals surface area contributed by atoms with Crippen molar-refractivity contribution in [3.05, 3.63) is 48.5 Å². The van der Waals surface area contributed by atoms with Crippen molar-refractivity contribution in [1.82, 2.24) is 9.97 Å². The second-order valence-electron chi connectivity index (χ2n) is 3.74. The van der Waals surface area contributed by atoms with Gasteiger partial charge in [-0.15, -0.1) is 0 Å². The van der Waals surface area contributed by atoms with Crippen molar-refractivity contribution in [3.8, 4) is 5.75 Å². The maximum absolute atomic E-state index is 11.8. The molecule has 2 rings (SSSR count). The molecule has 0 unspecified atom stereocenters. The fourth-order valence-electron chi connectivity index (χ4n) is 1.43. The zero-order valence-corrected chi connectivity index (χ0v) is 10.2. The molecule has 1 amide bonds. The van der Waals surface area contributed by atoms with Crippen molar-refractivity contribution >= 4 is 11.6 Å². The zero-order valence-electron chi connectivity index (χ0n) is 10.2. The van der Waals surface area contributed by atoms with Gasteiger partial charge < -0.3 is 15.8 Å². The van der Waals surface area contributed by atoms with Gasteiger partial charge >= 0.3 is 0 Å². The van der Waals surface area contributed by atoms with Gasteiger partial charge in [-0.05, 0) is 24.3 Å². The van der Waals surface area contributed by atoms with E-state index < -0.39 is 0 Å². The molecule has 0 saturated heterocycles. The van der Waals surface area contributed by atoms with Gasteiger partial charge in [0.1, 0.15) is 18.7 Å². The molecule has 0 fully saturated rings. The Hall–Kier alpha value is -2.47. The number of hydrogen-bond acceptors (Lipinski definition) is 5. The van der Waals surface area contributed by atoms with E-state index in [1.807, 2.05) is 0 Å². The SMILES string of the molecule is NCCOc1ccc(NC(=O)c2cncnc2)cc1. The molecule has 0 aliphatic carbocycles. The Morgan fingerprint density at radius 3 is 2.53 bits per heavy atom. The van der Waals surface area contributed by atoms with E-state index in [-0.39, 0.29) is 5.91 Å². The summed E-state index contributed by atoms with van der Waals surface area (Å²) in [5, 5.41) is 2.74. The van der Waals surface area contributed by atoms with Gasteiger partial charge in [0.25, 0.3) is 5.91 Å². The number of nitrogens with two attached hydrogens (primary N) is 1. The molecular formula is C13H14N4O2. The molecular weight excluding hydrogens is 244 g/mol. The summed E-state index contributed by atoms with van der Waals surface area (Å²) in [6.07, 6.45) is 4.29. The lowest BCUT2D eigenvalue weighted by molar-refractivity contribution is 0.102. The second kappa shape index (κ2) is 6.46. The second-order valence-corrected chi connectivity index (χ2v) is 3.74. The Morgan fingerprint density at radius 1 is 1.21 bits per heavy atom. The van der Waals surface area contributed by atoms with E-state index in [4.69, 9.17) is 10.5 Å². The van der Waals surface area contributed by atoms with Gasteiger partial charge in [-0.25, -0.2) is 9.97 Å². The molecule has 0 atom stereocenters. The Morgan fingerprint density at radius 2 is 1.89 bits per heavy atom. The van der Waals surface area contributed by atoms with Crippen LogP contribution < -0.4 is 15.8 Å². The van der Waals surface area contributed by atoms with Crippen LogP contribution in [-0.4, -0.2) is 29.0 Å². The first-order valence-electron chi connectivity index (χ1n) is 5.79. The smallest absolute Gasteiger partial charge is 0.258 e. The average molecular weight is 258 g/mol. The van der Waals surface area contributed by atoms with Crippen LogP contribution in [0.2, 0.25) is 0 Å². The molecule has 1 heterocycles. The standard InChI is InChI=1S/C13H14N4O2/c14-5-6-19-12-3-1-11(2-4-12)17-13(18)10-7-15-9-16-8-10/h1-4,7-9H,5-6,14H2,(H,17,18). The van der Waals surface area contributed by atoms with Gasteiger partial charge in [0, 0.05) is 24.6 Å². The summed E-state index contributed by atoms with van der Waals surface area (Å²) in [7, 11) is 0. The number of rotatable bonds is 5. The van der Waals surface area contributed by atoms with Crippen LogP contribution in [0.15, 0.2) is 43.0 Å². The summed E-state index contributed by atoms with van der Waals surface area (Å²) >= 11 is 0. The highest BCUT2D eigenvalue weighted by Gasteiger charge is 2.06. The highest BCUT2D eigenvalue weighted by atomic mass is 16.5. The Bertz CT molecular complexity index is 528. The summed E-state index contributed by atoms with van der Waals surface area (Å²) in [6.45, 7) is 0.930. The van der Waals surface area contributed by atoms with E-state index >= 15 is 0 Å². The number of carbonyl (C=O) groups is 1. The lowest BCUT2D eigenvalue weighted by Gasteiger charge is -2.07. The maximum Gasteiger partial charge on any atom is 0.258 e. The minimum atomic E-state index is -0.253. The molecule has 0 radical (unpaired) electrons. The minimum Gasteiger partial charge on any atom is -0.492 e. The maximum atomic E-state index is 11.8. The fraction of sp³-hybridized carbons (Fsp3) is 0.154. The lowest BCUT2D eigenvalue weighted by atomic mass is 10.2. The Balaban J connectivity index is 1.98. The number of ether oxygens (including phenoxy) is 1. The summed E-state index contributed by atoms with van der Waals surface area (Å²) < 4.78 is 5.34. The highest BCUT2D eigenvalue weighted by Crippen LogP contribution is 2.16.